The molecule has 5 nitrogen and oxygen atoms in total. The lowest BCUT2D eigenvalue weighted by molar-refractivity contribution is -0.891. The summed E-state index contributed by atoms with van der Waals surface area (Å²) in [6, 6.07) is 0. The molecule has 0 aromatic carbocycles. The van der Waals surface area contributed by atoms with Crippen molar-refractivity contribution in [2.45, 2.75) is 77.3 Å². The van der Waals surface area contributed by atoms with E-state index in [2.05, 4.69) is 12.2 Å². The van der Waals surface area contributed by atoms with E-state index in [1.165, 1.54) is 38.5 Å². The monoisotopic (exact) mass is 314 g/mol. The zero-order valence-corrected chi connectivity index (χ0v) is 14.8. The van der Waals surface area contributed by atoms with Gasteiger partial charge in [-0.15, -0.1) is 0 Å². The van der Waals surface area contributed by atoms with E-state index in [0.29, 0.717) is 6.42 Å². The number of aliphatic carboxylic acids is 1. The maximum Gasteiger partial charge on any atom is 0.224 e. The Morgan fingerprint density at radius 2 is 1.36 bits per heavy atom. The van der Waals surface area contributed by atoms with Crippen molar-refractivity contribution >= 4 is 11.9 Å². The molecule has 1 amide bonds. The molecule has 0 aromatic heterocycles. The van der Waals surface area contributed by atoms with Crippen molar-refractivity contribution < 1.29 is 19.2 Å². The third kappa shape index (κ3) is 10.6. The lowest BCUT2D eigenvalue weighted by Gasteiger charge is -2.34. The highest BCUT2D eigenvalue weighted by Gasteiger charge is 2.26. The summed E-state index contributed by atoms with van der Waals surface area (Å²) < 4.78 is 0.117. The number of nitrogens with one attached hydrogen (secondary N) is 1. The van der Waals surface area contributed by atoms with Crippen LogP contribution < -0.4 is 10.4 Å². The predicted octanol–water partition coefficient (Wildman–Crippen LogP) is 1.81. The second-order valence-corrected chi connectivity index (χ2v) is 6.98. The number of hydrogen-bond donors (Lipinski definition) is 1. The van der Waals surface area contributed by atoms with Crippen LogP contribution in [-0.2, 0) is 9.59 Å². The lowest BCUT2D eigenvalue weighted by atomic mass is 10.1. The quantitative estimate of drug-likeness (QED) is 0.320. The molecule has 1 atom stereocenters. The number of quaternary nitrogens is 1. The van der Waals surface area contributed by atoms with Gasteiger partial charge in [0, 0.05) is 6.42 Å². The van der Waals surface area contributed by atoms with Gasteiger partial charge in [0.25, 0.3) is 0 Å². The molecular weight excluding hydrogens is 280 g/mol. The van der Waals surface area contributed by atoms with Crippen LogP contribution in [0.25, 0.3) is 0 Å². The maximum absolute atomic E-state index is 11.8. The van der Waals surface area contributed by atoms with Gasteiger partial charge in [0.2, 0.25) is 12.1 Å². The zero-order valence-electron chi connectivity index (χ0n) is 14.8. The molecule has 1 unspecified atom stereocenters. The molecule has 0 saturated heterocycles. The summed E-state index contributed by atoms with van der Waals surface area (Å²) in [6.07, 6.45) is 10.1. The minimum absolute atomic E-state index is 0.117. The van der Waals surface area contributed by atoms with Crippen molar-refractivity contribution in [1.82, 2.24) is 5.32 Å². The number of rotatable bonds is 13. The van der Waals surface area contributed by atoms with Gasteiger partial charge in [-0.25, -0.2) is 0 Å². The molecule has 5 heteroatoms. The Labute approximate surface area is 135 Å². The molecule has 0 saturated carbocycles. The van der Waals surface area contributed by atoms with Gasteiger partial charge in [0.1, 0.15) is 5.97 Å². The topological polar surface area (TPSA) is 69.2 Å². The van der Waals surface area contributed by atoms with E-state index in [0.717, 1.165) is 19.3 Å². The Morgan fingerprint density at radius 1 is 0.909 bits per heavy atom. The van der Waals surface area contributed by atoms with Crippen molar-refractivity contribution in [3.63, 3.8) is 0 Å². The number of likely N-dealkylation sites (N-methyl/N-ethyl adjacent to an activating group) is 1. The molecule has 0 fully saturated rings. The summed E-state index contributed by atoms with van der Waals surface area (Å²) in [5.74, 6) is -1.45. The molecule has 1 N–H and O–H groups in total. The van der Waals surface area contributed by atoms with Gasteiger partial charge >= 0.3 is 0 Å². The average molecular weight is 314 g/mol. The van der Waals surface area contributed by atoms with Crippen LogP contribution in [-0.4, -0.2) is 43.7 Å². The lowest BCUT2D eigenvalue weighted by Crippen LogP contribution is -2.63. The molecule has 0 spiro atoms. The van der Waals surface area contributed by atoms with Crippen molar-refractivity contribution in [2.24, 2.45) is 0 Å². The molecular formula is C17H34N2O3. The largest absolute Gasteiger partial charge is 0.542 e. The highest BCUT2D eigenvalue weighted by Crippen LogP contribution is 2.10. The first-order chi connectivity index (χ1) is 10.3. The van der Waals surface area contributed by atoms with Gasteiger partial charge in [0.05, 0.1) is 21.1 Å². The fourth-order valence-corrected chi connectivity index (χ4v) is 2.39. The second kappa shape index (κ2) is 11.5. The Hall–Kier alpha value is -1.10. The number of hydrogen-bond acceptors (Lipinski definition) is 3. The SMILES string of the molecule is CCCCCCCCCCCC(=O)NC(C(=O)[O-])[N+](C)(C)C. The molecule has 0 aliphatic rings. The first-order valence-electron chi connectivity index (χ1n) is 8.60. The first kappa shape index (κ1) is 20.9. The van der Waals surface area contributed by atoms with Gasteiger partial charge in [0.15, 0.2) is 0 Å². The van der Waals surface area contributed by atoms with E-state index in [-0.39, 0.29) is 10.4 Å². The Bertz CT molecular complexity index is 324. The van der Waals surface area contributed by atoms with E-state index in [9.17, 15) is 14.7 Å². The summed E-state index contributed by atoms with van der Waals surface area (Å²) in [4.78, 5) is 22.9. The standard InChI is InChI=1S/C17H34N2O3/c1-5-6-7-8-9-10-11-12-13-14-15(20)18-16(17(21)22)19(2,3)4/h16H,5-14H2,1-4H3,(H-,18,20,21,22). The van der Waals surface area contributed by atoms with E-state index in [4.69, 9.17) is 0 Å². The molecule has 0 rings (SSSR count). The highest BCUT2D eigenvalue weighted by molar-refractivity contribution is 5.81. The van der Waals surface area contributed by atoms with Crippen molar-refractivity contribution in [3.8, 4) is 0 Å². The summed E-state index contributed by atoms with van der Waals surface area (Å²) in [5, 5.41) is 13.6. The summed E-state index contributed by atoms with van der Waals surface area (Å²) in [5.41, 5.74) is 0. The fourth-order valence-electron chi connectivity index (χ4n) is 2.39. The molecule has 0 radical (unpaired) electrons. The summed E-state index contributed by atoms with van der Waals surface area (Å²) in [7, 11) is 5.16. The van der Waals surface area contributed by atoms with Crippen LogP contribution in [0.1, 0.15) is 71.1 Å². The first-order valence-corrected chi connectivity index (χ1v) is 8.60. The van der Waals surface area contributed by atoms with Crippen LogP contribution in [0.5, 0.6) is 0 Å². The van der Waals surface area contributed by atoms with E-state index in [1.807, 2.05) is 0 Å². The van der Waals surface area contributed by atoms with Gasteiger partial charge in [-0.1, -0.05) is 58.3 Å². The van der Waals surface area contributed by atoms with Gasteiger partial charge in [-0.05, 0) is 6.42 Å². The van der Waals surface area contributed by atoms with Crippen LogP contribution in [0.3, 0.4) is 0 Å². The predicted molar refractivity (Wildman–Crippen MR) is 86.8 cm³/mol. The van der Waals surface area contributed by atoms with Crippen molar-refractivity contribution in [1.29, 1.82) is 0 Å². The highest BCUT2D eigenvalue weighted by atomic mass is 16.4. The minimum Gasteiger partial charge on any atom is -0.542 e. The number of amides is 1. The Kier molecular flexibility index (Phi) is 10.9. The molecule has 0 heterocycles. The molecule has 22 heavy (non-hydrogen) atoms. The number of carboxylic acids is 1. The molecule has 0 aliphatic carbocycles. The number of nitrogens with zero attached hydrogens (tertiary/aromatic N) is 1. The summed E-state index contributed by atoms with van der Waals surface area (Å²) >= 11 is 0. The van der Waals surface area contributed by atoms with Crippen LogP contribution >= 0.6 is 0 Å². The zero-order chi connectivity index (χ0) is 17.0. The smallest absolute Gasteiger partial charge is 0.224 e. The van der Waals surface area contributed by atoms with Gasteiger partial charge in [-0.2, -0.15) is 0 Å². The molecule has 0 aliphatic heterocycles. The number of unbranched alkanes of at least 4 members (excludes halogenated alkanes) is 8. The third-order valence-corrected chi connectivity index (χ3v) is 3.80. The minimum atomic E-state index is -1.24. The van der Waals surface area contributed by atoms with E-state index in [1.54, 1.807) is 21.1 Å². The molecule has 130 valence electrons. The summed E-state index contributed by atoms with van der Waals surface area (Å²) in [6.45, 7) is 2.22. The number of carbonyl (C=O) groups excluding carboxylic acids is 2. The normalized spacial score (nSPS) is 12.9. The fraction of sp³-hybridized carbons (Fsp3) is 0.882. The van der Waals surface area contributed by atoms with Crippen LogP contribution in [0, 0.1) is 0 Å². The van der Waals surface area contributed by atoms with Crippen molar-refractivity contribution in [2.75, 3.05) is 21.1 Å². The van der Waals surface area contributed by atoms with E-state index < -0.39 is 12.1 Å². The van der Waals surface area contributed by atoms with Crippen LogP contribution in [0.15, 0.2) is 0 Å². The van der Waals surface area contributed by atoms with Crippen molar-refractivity contribution in [3.05, 3.63) is 0 Å². The maximum atomic E-state index is 11.8. The average Bonchev–Trinajstić information content (AvgIpc) is 2.41. The van der Waals surface area contributed by atoms with Gasteiger partial charge < -0.3 is 19.7 Å². The number of carboxylic acid groups (broad SMARTS) is 1. The van der Waals surface area contributed by atoms with Crippen LogP contribution in [0.2, 0.25) is 0 Å². The molecule has 0 aromatic rings. The van der Waals surface area contributed by atoms with Crippen LogP contribution in [0.4, 0.5) is 0 Å². The Morgan fingerprint density at radius 3 is 1.77 bits per heavy atom. The van der Waals surface area contributed by atoms with Gasteiger partial charge in [-0.3, -0.25) is 4.79 Å². The second-order valence-electron chi connectivity index (χ2n) is 6.98. The Balaban J connectivity index is 3.71. The van der Waals surface area contributed by atoms with E-state index >= 15 is 0 Å². The number of carbonyl (C=O) groups is 2. The molecule has 0 bridgehead atoms. The third-order valence-electron chi connectivity index (χ3n) is 3.80.